The van der Waals surface area contributed by atoms with Crippen LogP contribution in [0.2, 0.25) is 0 Å². The van der Waals surface area contributed by atoms with Crippen molar-refractivity contribution < 1.29 is 14.3 Å². The first kappa shape index (κ1) is 21.8. The second-order valence-corrected chi connectivity index (χ2v) is 10.9. The third kappa shape index (κ3) is 4.55. The molecule has 0 unspecified atom stereocenters. The number of thiazole rings is 1. The molecule has 1 aliphatic rings. The summed E-state index contributed by atoms with van der Waals surface area (Å²) >= 11 is 4.32. The number of fused-ring (bicyclic) bond motifs is 2. The van der Waals surface area contributed by atoms with Gasteiger partial charge in [-0.05, 0) is 55.5 Å². The van der Waals surface area contributed by atoms with E-state index in [4.69, 9.17) is 4.74 Å². The number of thiophene rings is 2. The van der Waals surface area contributed by atoms with E-state index in [-0.39, 0.29) is 0 Å². The maximum Gasteiger partial charge on any atom is 0.348 e. The van der Waals surface area contributed by atoms with E-state index in [1.54, 1.807) is 17.4 Å². The van der Waals surface area contributed by atoms with E-state index >= 15 is 0 Å². The average Bonchev–Trinajstić information content (AvgIpc) is 3.51. The summed E-state index contributed by atoms with van der Waals surface area (Å²) in [4.78, 5) is 32.0. The third-order valence-corrected chi connectivity index (χ3v) is 8.91. The molecule has 1 aromatic carbocycles. The number of ether oxygens (including phenoxy) is 1. The number of nitriles is 1. The molecule has 3 aromatic heterocycles. The normalized spacial score (nSPS) is 13.2. The number of nitrogens with zero attached hydrogens (tertiary/aromatic N) is 2. The summed E-state index contributed by atoms with van der Waals surface area (Å²) in [7, 11) is 0. The number of para-hydroxylation sites is 1. The molecule has 1 aliphatic carbocycles. The summed E-state index contributed by atoms with van der Waals surface area (Å²) in [6, 6.07) is 13.7. The highest BCUT2D eigenvalue weighted by molar-refractivity contribution is 7.26. The Bertz CT molecular complexity index is 1360. The lowest BCUT2D eigenvalue weighted by Crippen LogP contribution is -2.20. The maximum absolute atomic E-state index is 12.5. The van der Waals surface area contributed by atoms with Crippen LogP contribution in [0.15, 0.2) is 36.4 Å². The van der Waals surface area contributed by atoms with Crippen LogP contribution in [0.3, 0.4) is 0 Å². The van der Waals surface area contributed by atoms with Crippen molar-refractivity contribution in [2.24, 2.45) is 0 Å². The first-order chi connectivity index (χ1) is 16.1. The zero-order valence-corrected chi connectivity index (χ0v) is 20.0. The molecule has 1 amide bonds. The molecular formula is C24H19N3O3S3. The van der Waals surface area contributed by atoms with Gasteiger partial charge in [0.15, 0.2) is 6.61 Å². The molecule has 0 atom stereocenters. The van der Waals surface area contributed by atoms with Crippen LogP contribution in [-0.2, 0) is 22.4 Å². The van der Waals surface area contributed by atoms with Crippen molar-refractivity contribution in [2.75, 3.05) is 11.9 Å². The predicted molar refractivity (Wildman–Crippen MR) is 132 cm³/mol. The molecule has 0 radical (unpaired) electrons. The van der Waals surface area contributed by atoms with Gasteiger partial charge in [-0.25, -0.2) is 9.78 Å². The molecule has 1 N–H and O–H groups in total. The average molecular weight is 494 g/mol. The van der Waals surface area contributed by atoms with Gasteiger partial charge in [0.05, 0.1) is 20.7 Å². The van der Waals surface area contributed by atoms with Crippen molar-refractivity contribution in [1.29, 1.82) is 5.26 Å². The molecule has 0 aliphatic heterocycles. The van der Waals surface area contributed by atoms with Crippen molar-refractivity contribution in [2.45, 2.75) is 32.1 Å². The number of hydrogen-bond donors (Lipinski definition) is 1. The van der Waals surface area contributed by atoms with Crippen LogP contribution in [0, 0.1) is 11.3 Å². The van der Waals surface area contributed by atoms with Crippen LogP contribution in [0.25, 0.3) is 20.1 Å². The Morgan fingerprint density at radius 3 is 2.76 bits per heavy atom. The zero-order chi connectivity index (χ0) is 22.8. The number of aromatic nitrogens is 1. The highest BCUT2D eigenvalue weighted by atomic mass is 32.1. The van der Waals surface area contributed by atoms with Crippen LogP contribution in [-0.4, -0.2) is 23.5 Å². The Morgan fingerprint density at radius 1 is 1.06 bits per heavy atom. The first-order valence-electron chi connectivity index (χ1n) is 10.6. The standard InChI is InChI=1S/C24H19N3O3S3/c25-12-15-14-6-2-1-3-8-17(14)32-22(15)27-21(28)13-30-24(29)20-11-10-19(31-20)23-26-16-7-4-5-9-18(16)33-23/h4-5,7,9-11H,1-3,6,8,13H2,(H,27,28). The van der Waals surface area contributed by atoms with E-state index in [0.29, 0.717) is 15.4 Å². The smallest absolute Gasteiger partial charge is 0.348 e. The molecule has 33 heavy (non-hydrogen) atoms. The minimum absolute atomic E-state index is 0.402. The number of esters is 1. The zero-order valence-electron chi connectivity index (χ0n) is 17.6. The Morgan fingerprint density at radius 2 is 1.91 bits per heavy atom. The van der Waals surface area contributed by atoms with Crippen molar-refractivity contribution >= 4 is 61.1 Å². The minimum Gasteiger partial charge on any atom is -0.451 e. The second-order valence-electron chi connectivity index (χ2n) is 7.66. The van der Waals surface area contributed by atoms with Gasteiger partial charge in [-0.15, -0.1) is 34.0 Å². The van der Waals surface area contributed by atoms with Gasteiger partial charge >= 0.3 is 5.97 Å². The third-order valence-electron chi connectivity index (χ3n) is 5.43. The van der Waals surface area contributed by atoms with E-state index in [1.165, 1.54) is 27.6 Å². The summed E-state index contributed by atoms with van der Waals surface area (Å²) < 4.78 is 6.32. The van der Waals surface area contributed by atoms with E-state index in [9.17, 15) is 14.9 Å². The molecule has 9 heteroatoms. The maximum atomic E-state index is 12.5. The van der Waals surface area contributed by atoms with Crippen LogP contribution >= 0.6 is 34.0 Å². The van der Waals surface area contributed by atoms with E-state index < -0.39 is 18.5 Å². The number of amides is 1. The number of rotatable bonds is 5. The van der Waals surface area contributed by atoms with Gasteiger partial charge in [-0.1, -0.05) is 18.6 Å². The van der Waals surface area contributed by atoms with E-state index in [1.807, 2.05) is 30.3 Å². The lowest BCUT2D eigenvalue weighted by atomic mass is 10.1. The van der Waals surface area contributed by atoms with Crippen molar-refractivity contribution in [3.05, 3.63) is 57.3 Å². The molecule has 4 aromatic rings. The Hall–Kier alpha value is -3.06. The summed E-state index contributed by atoms with van der Waals surface area (Å²) in [6.07, 6.45) is 5.13. The number of anilines is 1. The van der Waals surface area contributed by atoms with Crippen LogP contribution in [0.5, 0.6) is 0 Å². The van der Waals surface area contributed by atoms with Gasteiger partial charge in [0.1, 0.15) is 21.0 Å². The number of nitrogens with one attached hydrogen (secondary N) is 1. The van der Waals surface area contributed by atoms with Gasteiger partial charge in [0.25, 0.3) is 5.91 Å². The first-order valence-corrected chi connectivity index (χ1v) is 13.0. The molecule has 0 bridgehead atoms. The van der Waals surface area contributed by atoms with Crippen molar-refractivity contribution in [3.8, 4) is 16.0 Å². The fourth-order valence-corrected chi connectivity index (χ4v) is 7.03. The van der Waals surface area contributed by atoms with Crippen LogP contribution in [0.4, 0.5) is 5.00 Å². The van der Waals surface area contributed by atoms with E-state index in [2.05, 4.69) is 16.4 Å². The molecule has 166 valence electrons. The summed E-state index contributed by atoms with van der Waals surface area (Å²) in [5, 5.41) is 13.8. The SMILES string of the molecule is N#Cc1c(NC(=O)COC(=O)c2ccc(-c3nc4ccccc4s3)s2)sc2c1CCCCC2. The summed E-state index contributed by atoms with van der Waals surface area (Å²) in [5.41, 5.74) is 2.54. The topological polar surface area (TPSA) is 92.1 Å². The van der Waals surface area contributed by atoms with Gasteiger partial charge in [-0.2, -0.15) is 5.26 Å². The lowest BCUT2D eigenvalue weighted by molar-refractivity contribution is -0.119. The van der Waals surface area contributed by atoms with E-state index in [0.717, 1.165) is 57.8 Å². The molecule has 5 rings (SSSR count). The van der Waals surface area contributed by atoms with Gasteiger partial charge in [0.2, 0.25) is 0 Å². The Labute approximate surface area is 202 Å². The number of aryl methyl sites for hydroxylation is 1. The van der Waals surface area contributed by atoms with Crippen LogP contribution < -0.4 is 5.32 Å². The highest BCUT2D eigenvalue weighted by Gasteiger charge is 2.22. The number of carbonyl (C=O) groups excluding carboxylic acids is 2. The molecule has 3 heterocycles. The van der Waals surface area contributed by atoms with Gasteiger partial charge < -0.3 is 10.1 Å². The molecular weight excluding hydrogens is 474 g/mol. The Balaban J connectivity index is 1.22. The minimum atomic E-state index is -0.551. The largest absolute Gasteiger partial charge is 0.451 e. The summed E-state index contributed by atoms with van der Waals surface area (Å²) in [5.74, 6) is -0.996. The Kier molecular flexibility index (Phi) is 6.22. The monoisotopic (exact) mass is 493 g/mol. The van der Waals surface area contributed by atoms with Crippen LogP contribution in [0.1, 0.15) is 44.9 Å². The predicted octanol–water partition coefficient (Wildman–Crippen LogP) is 6.02. The molecule has 0 fully saturated rings. The molecule has 0 spiro atoms. The number of benzene rings is 1. The number of carbonyl (C=O) groups is 2. The quantitative estimate of drug-likeness (QED) is 0.271. The van der Waals surface area contributed by atoms with Gasteiger partial charge in [-0.3, -0.25) is 4.79 Å². The summed E-state index contributed by atoms with van der Waals surface area (Å²) in [6.45, 7) is -0.402. The molecule has 0 saturated heterocycles. The van der Waals surface area contributed by atoms with Gasteiger partial charge in [0, 0.05) is 4.88 Å². The fraction of sp³-hybridized carbons (Fsp3) is 0.250. The van der Waals surface area contributed by atoms with Crippen molar-refractivity contribution in [3.63, 3.8) is 0 Å². The number of hydrogen-bond acceptors (Lipinski definition) is 8. The highest BCUT2D eigenvalue weighted by Crippen LogP contribution is 2.37. The second kappa shape index (κ2) is 9.43. The van der Waals surface area contributed by atoms with Crippen molar-refractivity contribution in [1.82, 2.24) is 4.98 Å². The molecule has 0 saturated carbocycles. The lowest BCUT2D eigenvalue weighted by Gasteiger charge is -2.05. The fourth-order valence-electron chi connectivity index (χ4n) is 3.85. The molecule has 6 nitrogen and oxygen atoms in total.